The van der Waals surface area contributed by atoms with Gasteiger partial charge in [0.05, 0.1) is 0 Å². The monoisotopic (exact) mass is 251 g/mol. The highest BCUT2D eigenvalue weighted by Gasteiger charge is 2.17. The van der Waals surface area contributed by atoms with Gasteiger partial charge in [-0.25, -0.2) is 4.98 Å². The first-order valence-corrected chi connectivity index (χ1v) is 6.22. The smallest absolute Gasteiger partial charge is 0.237 e. The fourth-order valence-electron chi connectivity index (χ4n) is 2.26. The molecule has 1 aliphatic carbocycles. The van der Waals surface area contributed by atoms with E-state index in [-0.39, 0.29) is 0 Å². The van der Waals surface area contributed by atoms with Crippen molar-refractivity contribution in [2.75, 3.05) is 5.73 Å². The lowest BCUT2D eigenvalue weighted by Crippen LogP contribution is -1.97. The van der Waals surface area contributed by atoms with E-state index >= 15 is 0 Å². The van der Waals surface area contributed by atoms with Crippen LogP contribution in [0.15, 0.2) is 30.3 Å². The van der Waals surface area contributed by atoms with E-state index in [1.165, 1.54) is 5.56 Å². The van der Waals surface area contributed by atoms with Crippen molar-refractivity contribution in [3.05, 3.63) is 47.2 Å². The van der Waals surface area contributed by atoms with Gasteiger partial charge in [-0.3, -0.25) is 0 Å². The van der Waals surface area contributed by atoms with E-state index < -0.39 is 0 Å². The molecule has 19 heavy (non-hydrogen) atoms. The van der Waals surface area contributed by atoms with Crippen LogP contribution >= 0.6 is 0 Å². The number of nitriles is 1. The minimum absolute atomic E-state index is 0.382. The van der Waals surface area contributed by atoms with Crippen LogP contribution in [-0.2, 0) is 12.8 Å². The number of fused-ring (bicyclic) bond motifs is 1. The number of aromatic nitrogens is 1. The van der Waals surface area contributed by atoms with E-state index in [4.69, 9.17) is 10.5 Å². The van der Waals surface area contributed by atoms with Gasteiger partial charge in [-0.1, -0.05) is 0 Å². The van der Waals surface area contributed by atoms with Gasteiger partial charge in [0.25, 0.3) is 0 Å². The Balaban J connectivity index is 1.96. The highest BCUT2D eigenvalue weighted by Crippen LogP contribution is 2.29. The zero-order valence-electron chi connectivity index (χ0n) is 10.4. The molecule has 0 saturated heterocycles. The van der Waals surface area contributed by atoms with Gasteiger partial charge in [-0.05, 0) is 55.2 Å². The summed E-state index contributed by atoms with van der Waals surface area (Å²) in [5.74, 6) is 1.02. The quantitative estimate of drug-likeness (QED) is 0.833. The first kappa shape index (κ1) is 11.5. The number of nitrogens with zero attached hydrogens (tertiary/aromatic N) is 2. The largest absolute Gasteiger partial charge is 0.438 e. The second-order valence-corrected chi connectivity index (χ2v) is 4.58. The Hall–Kier alpha value is -2.54. The normalized spacial score (nSPS) is 12.8. The topological polar surface area (TPSA) is 71.9 Å². The molecule has 3 rings (SSSR count). The summed E-state index contributed by atoms with van der Waals surface area (Å²) in [5, 5.41) is 9.18. The molecule has 1 aromatic heterocycles. The highest BCUT2D eigenvalue weighted by atomic mass is 16.5. The van der Waals surface area contributed by atoms with Crippen molar-refractivity contribution in [3.8, 4) is 17.7 Å². The van der Waals surface area contributed by atoms with E-state index in [1.807, 2.05) is 6.07 Å². The number of nitrogen functional groups attached to an aromatic ring is 1. The third-order valence-corrected chi connectivity index (χ3v) is 3.23. The van der Waals surface area contributed by atoms with E-state index in [9.17, 15) is 5.26 Å². The summed E-state index contributed by atoms with van der Waals surface area (Å²) in [6.07, 6.45) is 3.05. The van der Waals surface area contributed by atoms with E-state index in [1.54, 1.807) is 24.3 Å². The Kier molecular flexibility index (Phi) is 2.81. The molecule has 0 radical (unpaired) electrons. The van der Waals surface area contributed by atoms with Crippen molar-refractivity contribution in [2.45, 2.75) is 19.3 Å². The van der Waals surface area contributed by atoms with Crippen LogP contribution in [0, 0.1) is 11.3 Å². The molecule has 0 atom stereocenters. The van der Waals surface area contributed by atoms with Gasteiger partial charge in [-0.2, -0.15) is 5.26 Å². The van der Waals surface area contributed by atoms with Crippen LogP contribution < -0.4 is 10.5 Å². The molecule has 0 amide bonds. The molecule has 2 N–H and O–H groups in total. The summed E-state index contributed by atoms with van der Waals surface area (Å²) in [5.41, 5.74) is 9.00. The number of pyridine rings is 1. The number of benzene rings is 1. The molecule has 1 aromatic carbocycles. The van der Waals surface area contributed by atoms with Gasteiger partial charge in [0.1, 0.15) is 17.4 Å². The number of hydrogen-bond donors (Lipinski definition) is 1. The first-order chi connectivity index (χ1) is 9.26. The third kappa shape index (κ3) is 2.23. The number of anilines is 1. The molecule has 94 valence electrons. The second-order valence-electron chi connectivity index (χ2n) is 4.58. The molecule has 0 aliphatic heterocycles. The lowest BCUT2D eigenvalue weighted by Gasteiger charge is -2.08. The van der Waals surface area contributed by atoms with Crippen molar-refractivity contribution in [1.82, 2.24) is 4.98 Å². The van der Waals surface area contributed by atoms with Crippen LogP contribution in [0.2, 0.25) is 0 Å². The molecule has 0 saturated carbocycles. The third-order valence-electron chi connectivity index (χ3n) is 3.23. The molecule has 4 nitrogen and oxygen atoms in total. The average Bonchev–Trinajstić information content (AvgIpc) is 2.87. The zero-order valence-corrected chi connectivity index (χ0v) is 10.4. The second kappa shape index (κ2) is 4.62. The van der Waals surface area contributed by atoms with Gasteiger partial charge in [-0.15, -0.1) is 0 Å². The highest BCUT2D eigenvalue weighted by molar-refractivity contribution is 5.47. The van der Waals surface area contributed by atoms with Gasteiger partial charge >= 0.3 is 0 Å². The summed E-state index contributed by atoms with van der Waals surface area (Å²) >= 11 is 0. The average molecular weight is 251 g/mol. The molecule has 4 heteroatoms. The van der Waals surface area contributed by atoms with Crippen molar-refractivity contribution in [3.63, 3.8) is 0 Å². The van der Waals surface area contributed by atoms with Crippen molar-refractivity contribution in [1.29, 1.82) is 5.26 Å². The van der Waals surface area contributed by atoms with Crippen molar-refractivity contribution < 1.29 is 4.74 Å². The fraction of sp³-hybridized carbons (Fsp3) is 0.200. The minimum atomic E-state index is 0.382. The van der Waals surface area contributed by atoms with Gasteiger partial charge in [0.15, 0.2) is 0 Å². The molecule has 0 fully saturated rings. The van der Waals surface area contributed by atoms with Crippen LogP contribution in [0.1, 0.15) is 23.2 Å². The molecule has 0 bridgehead atoms. The van der Waals surface area contributed by atoms with Crippen molar-refractivity contribution >= 4 is 5.69 Å². The minimum Gasteiger partial charge on any atom is -0.438 e. The molecular formula is C15H13N3O. The number of nitrogens with two attached hydrogens (primary N) is 1. The predicted octanol–water partition coefficient (Wildman–Crippen LogP) is 2.82. The van der Waals surface area contributed by atoms with E-state index in [2.05, 4.69) is 11.1 Å². The molecule has 1 heterocycles. The summed E-state index contributed by atoms with van der Waals surface area (Å²) in [6.45, 7) is 0. The summed E-state index contributed by atoms with van der Waals surface area (Å²) in [6, 6.07) is 11.1. The lowest BCUT2D eigenvalue weighted by molar-refractivity contribution is 0.459. The van der Waals surface area contributed by atoms with E-state index in [0.29, 0.717) is 22.9 Å². The van der Waals surface area contributed by atoms with Crippen LogP contribution in [0.3, 0.4) is 0 Å². The molecule has 0 spiro atoms. The maximum absolute atomic E-state index is 9.18. The van der Waals surface area contributed by atoms with Gasteiger partial charge in [0.2, 0.25) is 5.88 Å². The summed E-state index contributed by atoms with van der Waals surface area (Å²) in [7, 11) is 0. The number of aryl methyl sites for hydroxylation is 2. The van der Waals surface area contributed by atoms with Crippen LogP contribution in [-0.4, -0.2) is 4.98 Å². The molecular weight excluding hydrogens is 238 g/mol. The molecule has 2 aromatic rings. The Morgan fingerprint density at radius 3 is 2.74 bits per heavy atom. The maximum atomic E-state index is 9.18. The first-order valence-electron chi connectivity index (χ1n) is 6.22. The maximum Gasteiger partial charge on any atom is 0.237 e. The van der Waals surface area contributed by atoms with Crippen LogP contribution in [0.5, 0.6) is 11.6 Å². The van der Waals surface area contributed by atoms with Gasteiger partial charge in [0, 0.05) is 11.4 Å². The summed E-state index contributed by atoms with van der Waals surface area (Å²) < 4.78 is 5.69. The number of ether oxygens (including phenoxy) is 1. The Morgan fingerprint density at radius 2 is 2.00 bits per heavy atom. The Morgan fingerprint density at radius 1 is 1.21 bits per heavy atom. The molecule has 1 aliphatic rings. The lowest BCUT2D eigenvalue weighted by atomic mass is 10.1. The van der Waals surface area contributed by atoms with Crippen molar-refractivity contribution in [2.24, 2.45) is 0 Å². The fourth-order valence-corrected chi connectivity index (χ4v) is 2.26. The number of hydrogen-bond acceptors (Lipinski definition) is 4. The standard InChI is InChI=1S/C15H13N3O/c16-9-11-8-10-2-1-3-14(10)18-15(11)19-13-6-4-12(17)5-7-13/h4-8H,1-3,17H2. The van der Waals surface area contributed by atoms with Gasteiger partial charge < -0.3 is 10.5 Å². The zero-order chi connectivity index (χ0) is 13.2. The van der Waals surface area contributed by atoms with Crippen LogP contribution in [0.4, 0.5) is 5.69 Å². The Bertz CT molecular complexity index is 656. The predicted molar refractivity (Wildman–Crippen MR) is 71.9 cm³/mol. The van der Waals surface area contributed by atoms with E-state index in [0.717, 1.165) is 25.0 Å². The van der Waals surface area contributed by atoms with Crippen LogP contribution in [0.25, 0.3) is 0 Å². The molecule has 0 unspecified atom stereocenters. The Labute approximate surface area is 111 Å². The SMILES string of the molecule is N#Cc1cc2c(nc1Oc1ccc(N)cc1)CCC2. The summed E-state index contributed by atoms with van der Waals surface area (Å²) in [4.78, 5) is 4.47. The number of rotatable bonds is 2.